The van der Waals surface area contributed by atoms with Crippen LogP contribution in [0.3, 0.4) is 0 Å². The molecule has 7 nitrogen and oxygen atoms in total. The van der Waals surface area contributed by atoms with Crippen LogP contribution in [0.4, 0.5) is 9.18 Å². The number of nitrogens with one attached hydrogen (secondary N) is 1. The summed E-state index contributed by atoms with van der Waals surface area (Å²) in [5, 5.41) is 12.0. The standard InChI is InChI=1S/C25H21ClFNO6/c26-20-13-19-21(34-25(30)31)10-12-32-22(19)14-23(20)33-18-7-3-16(4-8-18)24(29)28-11-9-15-1-5-17(27)6-2-15/h1-8,13-14,21H,9-12H2,(H,28,29)(H,30,31). The van der Waals surface area contributed by atoms with Crippen LogP contribution in [0.25, 0.3) is 0 Å². The molecule has 1 aliphatic rings. The van der Waals surface area contributed by atoms with E-state index in [0.29, 0.717) is 54.4 Å². The van der Waals surface area contributed by atoms with E-state index < -0.39 is 12.3 Å². The maximum atomic E-state index is 13.0. The number of halogens is 2. The molecule has 176 valence electrons. The van der Waals surface area contributed by atoms with Gasteiger partial charge in [0.15, 0.2) is 0 Å². The third-order valence-electron chi connectivity index (χ3n) is 5.25. The van der Waals surface area contributed by atoms with Gasteiger partial charge in [0.05, 0.1) is 11.6 Å². The molecule has 0 fully saturated rings. The number of carbonyl (C=O) groups excluding carboxylic acids is 1. The molecule has 1 aliphatic heterocycles. The van der Waals surface area contributed by atoms with E-state index in [1.807, 2.05) is 0 Å². The largest absolute Gasteiger partial charge is 0.506 e. The Labute approximate surface area is 200 Å². The van der Waals surface area contributed by atoms with Crippen LogP contribution < -0.4 is 14.8 Å². The molecule has 0 aromatic heterocycles. The van der Waals surface area contributed by atoms with E-state index >= 15 is 0 Å². The highest BCUT2D eigenvalue weighted by atomic mass is 35.5. The minimum Gasteiger partial charge on any atom is -0.493 e. The lowest BCUT2D eigenvalue weighted by Gasteiger charge is -2.25. The first-order valence-electron chi connectivity index (χ1n) is 10.6. The number of carbonyl (C=O) groups is 2. The summed E-state index contributed by atoms with van der Waals surface area (Å²) >= 11 is 6.34. The summed E-state index contributed by atoms with van der Waals surface area (Å²) in [5.74, 6) is 0.690. The van der Waals surface area contributed by atoms with Crippen LogP contribution in [0.1, 0.15) is 34.0 Å². The van der Waals surface area contributed by atoms with E-state index in [1.165, 1.54) is 12.1 Å². The van der Waals surface area contributed by atoms with Gasteiger partial charge in [0.25, 0.3) is 5.91 Å². The molecule has 1 unspecified atom stereocenters. The van der Waals surface area contributed by atoms with Gasteiger partial charge in [-0.1, -0.05) is 23.7 Å². The van der Waals surface area contributed by atoms with Crippen LogP contribution in [-0.2, 0) is 11.2 Å². The summed E-state index contributed by atoms with van der Waals surface area (Å²) in [5.41, 5.74) is 1.93. The maximum Gasteiger partial charge on any atom is 0.506 e. The third-order valence-corrected chi connectivity index (χ3v) is 5.54. The molecular formula is C25H21ClFNO6. The van der Waals surface area contributed by atoms with Crippen molar-refractivity contribution in [2.45, 2.75) is 18.9 Å². The minimum atomic E-state index is -1.37. The first kappa shape index (κ1) is 23.4. The van der Waals surface area contributed by atoms with Gasteiger partial charge in [-0.05, 0) is 54.4 Å². The van der Waals surface area contributed by atoms with Crippen molar-refractivity contribution in [3.05, 3.63) is 88.2 Å². The normalized spacial score (nSPS) is 14.5. The van der Waals surface area contributed by atoms with Crippen LogP contribution in [0.2, 0.25) is 5.02 Å². The number of rotatable bonds is 7. The number of benzene rings is 3. The number of hydrogen-bond acceptors (Lipinski definition) is 5. The second-order valence-electron chi connectivity index (χ2n) is 7.59. The molecule has 4 rings (SSSR count). The van der Waals surface area contributed by atoms with E-state index in [9.17, 15) is 14.0 Å². The predicted molar refractivity (Wildman–Crippen MR) is 122 cm³/mol. The van der Waals surface area contributed by atoms with E-state index in [0.717, 1.165) is 5.56 Å². The van der Waals surface area contributed by atoms with E-state index in [-0.39, 0.29) is 16.7 Å². The quantitative estimate of drug-likeness (QED) is 0.413. The first-order chi connectivity index (χ1) is 16.4. The van der Waals surface area contributed by atoms with Gasteiger partial charge in [-0.3, -0.25) is 4.79 Å². The smallest absolute Gasteiger partial charge is 0.493 e. The second-order valence-corrected chi connectivity index (χ2v) is 8.00. The first-order valence-corrected chi connectivity index (χ1v) is 10.9. The van der Waals surface area contributed by atoms with Gasteiger partial charge in [0.1, 0.15) is 29.2 Å². The summed E-state index contributed by atoms with van der Waals surface area (Å²) in [4.78, 5) is 23.3. The number of amides is 1. The van der Waals surface area contributed by atoms with Crippen LogP contribution >= 0.6 is 11.6 Å². The van der Waals surface area contributed by atoms with Crippen molar-refractivity contribution in [1.29, 1.82) is 0 Å². The molecule has 2 N–H and O–H groups in total. The molecule has 9 heteroatoms. The summed E-state index contributed by atoms with van der Waals surface area (Å²) in [6.45, 7) is 0.719. The Morgan fingerprint density at radius 2 is 1.85 bits per heavy atom. The Morgan fingerprint density at radius 3 is 2.56 bits per heavy atom. The fraction of sp³-hybridized carbons (Fsp3) is 0.200. The number of ether oxygens (including phenoxy) is 3. The lowest BCUT2D eigenvalue weighted by molar-refractivity contribution is 0.0326. The molecule has 0 aliphatic carbocycles. The summed E-state index contributed by atoms with van der Waals surface area (Å²) < 4.78 is 29.3. The molecule has 0 spiro atoms. The van der Waals surface area contributed by atoms with Gasteiger partial charge < -0.3 is 24.6 Å². The molecule has 0 radical (unpaired) electrons. The highest BCUT2D eigenvalue weighted by molar-refractivity contribution is 6.32. The van der Waals surface area contributed by atoms with Crippen molar-refractivity contribution in [3.8, 4) is 17.2 Å². The Morgan fingerprint density at radius 1 is 1.12 bits per heavy atom. The van der Waals surface area contributed by atoms with Crippen molar-refractivity contribution in [2.75, 3.05) is 13.2 Å². The zero-order valence-corrected chi connectivity index (χ0v) is 18.7. The molecule has 0 saturated carbocycles. The van der Waals surface area contributed by atoms with Crippen molar-refractivity contribution >= 4 is 23.7 Å². The SMILES string of the molecule is O=C(O)OC1CCOc2cc(Oc3ccc(C(=O)NCCc4ccc(F)cc4)cc3)c(Cl)cc21. The number of fused-ring (bicyclic) bond motifs is 1. The average Bonchev–Trinajstić information content (AvgIpc) is 2.81. The average molecular weight is 486 g/mol. The van der Waals surface area contributed by atoms with Crippen molar-refractivity contribution in [1.82, 2.24) is 5.32 Å². The van der Waals surface area contributed by atoms with Crippen molar-refractivity contribution in [2.24, 2.45) is 0 Å². The van der Waals surface area contributed by atoms with Gasteiger partial charge in [0, 0.05) is 30.2 Å². The topological polar surface area (TPSA) is 94.1 Å². The van der Waals surface area contributed by atoms with Gasteiger partial charge >= 0.3 is 6.16 Å². The molecule has 0 bridgehead atoms. The molecule has 3 aromatic rings. The predicted octanol–water partition coefficient (Wildman–Crippen LogP) is 5.76. The summed E-state index contributed by atoms with van der Waals surface area (Å²) in [6, 6.07) is 15.8. The van der Waals surface area contributed by atoms with E-state index in [2.05, 4.69) is 5.32 Å². The molecule has 1 atom stereocenters. The Balaban J connectivity index is 1.37. The van der Waals surface area contributed by atoms with Crippen molar-refractivity contribution < 1.29 is 33.3 Å². The van der Waals surface area contributed by atoms with E-state index in [4.69, 9.17) is 30.9 Å². The zero-order chi connectivity index (χ0) is 24.1. The van der Waals surface area contributed by atoms with Gasteiger partial charge in [0.2, 0.25) is 0 Å². The Kier molecular flexibility index (Phi) is 7.18. The fourth-order valence-electron chi connectivity index (χ4n) is 3.56. The highest BCUT2D eigenvalue weighted by Gasteiger charge is 2.27. The Bertz CT molecular complexity index is 1180. The number of carboxylic acid groups (broad SMARTS) is 1. The van der Waals surface area contributed by atoms with Gasteiger partial charge in [-0.25, -0.2) is 9.18 Å². The zero-order valence-electron chi connectivity index (χ0n) is 17.9. The lowest BCUT2D eigenvalue weighted by atomic mass is 10.0. The monoisotopic (exact) mass is 485 g/mol. The van der Waals surface area contributed by atoms with Crippen LogP contribution in [0.5, 0.6) is 17.2 Å². The third kappa shape index (κ3) is 5.77. The minimum absolute atomic E-state index is 0.238. The van der Waals surface area contributed by atoms with Crippen molar-refractivity contribution in [3.63, 3.8) is 0 Å². The molecular weight excluding hydrogens is 465 g/mol. The second kappa shape index (κ2) is 10.4. The molecule has 1 amide bonds. The van der Waals surface area contributed by atoms with Crippen LogP contribution in [0, 0.1) is 5.82 Å². The highest BCUT2D eigenvalue weighted by Crippen LogP contribution is 2.42. The van der Waals surface area contributed by atoms with Crippen LogP contribution in [-0.4, -0.2) is 30.3 Å². The number of hydrogen-bond donors (Lipinski definition) is 2. The molecule has 0 saturated heterocycles. The molecule has 1 heterocycles. The Hall–Kier alpha value is -3.78. The molecule has 34 heavy (non-hydrogen) atoms. The maximum absolute atomic E-state index is 13.0. The van der Waals surface area contributed by atoms with E-state index in [1.54, 1.807) is 48.5 Å². The van der Waals surface area contributed by atoms with Gasteiger partial charge in [-0.15, -0.1) is 0 Å². The summed E-state index contributed by atoms with van der Waals surface area (Å²) in [6.07, 6.45) is -1.05. The fourth-order valence-corrected chi connectivity index (χ4v) is 3.77. The van der Waals surface area contributed by atoms with Crippen LogP contribution in [0.15, 0.2) is 60.7 Å². The summed E-state index contributed by atoms with van der Waals surface area (Å²) in [7, 11) is 0. The lowest BCUT2D eigenvalue weighted by Crippen LogP contribution is -2.25. The molecule has 3 aromatic carbocycles. The van der Waals surface area contributed by atoms with Gasteiger partial charge in [-0.2, -0.15) is 0 Å².